The number of imide groups is 1. The standard InChI is InChI=1S/C21H21N3O5/c1-14-8-6-7-11-16(14)22-17(25)13-29-18(26)12-24-19(27)21(2,23-20(24)28)15-9-4-3-5-10-15/h3-11H,12-13H2,1-2H3,(H,22,25)(H,23,28)/t21-/m0/s1. The molecule has 1 fully saturated rings. The number of hydrogen-bond acceptors (Lipinski definition) is 5. The smallest absolute Gasteiger partial charge is 0.326 e. The lowest BCUT2D eigenvalue weighted by Gasteiger charge is -2.21. The lowest BCUT2D eigenvalue weighted by molar-refractivity contribution is -0.150. The molecule has 8 nitrogen and oxygen atoms in total. The second-order valence-electron chi connectivity index (χ2n) is 6.84. The molecule has 29 heavy (non-hydrogen) atoms. The minimum atomic E-state index is -1.26. The summed E-state index contributed by atoms with van der Waals surface area (Å²) in [5.41, 5.74) is 0.820. The number of carbonyl (C=O) groups excluding carboxylic acids is 4. The number of carbonyl (C=O) groups is 4. The second kappa shape index (κ2) is 8.14. The first-order valence-electron chi connectivity index (χ1n) is 9.02. The highest BCUT2D eigenvalue weighted by Crippen LogP contribution is 2.28. The first-order chi connectivity index (χ1) is 13.8. The zero-order valence-corrected chi connectivity index (χ0v) is 16.1. The normalized spacial score (nSPS) is 18.3. The van der Waals surface area contributed by atoms with Crippen molar-refractivity contribution < 1.29 is 23.9 Å². The molecular weight excluding hydrogens is 374 g/mol. The molecule has 150 valence electrons. The monoisotopic (exact) mass is 395 g/mol. The number of ether oxygens (including phenoxy) is 1. The van der Waals surface area contributed by atoms with Crippen molar-refractivity contribution in [1.29, 1.82) is 0 Å². The topological polar surface area (TPSA) is 105 Å². The average Bonchev–Trinajstić information content (AvgIpc) is 2.93. The van der Waals surface area contributed by atoms with Crippen molar-refractivity contribution >= 4 is 29.5 Å². The molecule has 2 N–H and O–H groups in total. The summed E-state index contributed by atoms with van der Waals surface area (Å²) in [5.74, 6) is -1.93. The summed E-state index contributed by atoms with van der Waals surface area (Å²) < 4.78 is 4.92. The number of benzene rings is 2. The highest BCUT2D eigenvalue weighted by atomic mass is 16.5. The van der Waals surface area contributed by atoms with Crippen molar-refractivity contribution in [1.82, 2.24) is 10.2 Å². The van der Waals surface area contributed by atoms with E-state index in [1.165, 1.54) is 0 Å². The van der Waals surface area contributed by atoms with Crippen molar-refractivity contribution in [3.63, 3.8) is 0 Å². The van der Waals surface area contributed by atoms with E-state index in [4.69, 9.17) is 4.74 Å². The Bertz CT molecular complexity index is 960. The first kappa shape index (κ1) is 20.1. The fourth-order valence-corrected chi connectivity index (χ4v) is 3.03. The molecule has 2 aromatic carbocycles. The predicted octanol–water partition coefficient (Wildman–Crippen LogP) is 1.94. The Morgan fingerprint density at radius 3 is 2.41 bits per heavy atom. The molecule has 0 spiro atoms. The zero-order valence-electron chi connectivity index (χ0n) is 16.1. The summed E-state index contributed by atoms with van der Waals surface area (Å²) in [4.78, 5) is 49.8. The van der Waals surface area contributed by atoms with E-state index in [2.05, 4.69) is 10.6 Å². The van der Waals surface area contributed by atoms with Gasteiger partial charge >= 0.3 is 12.0 Å². The lowest BCUT2D eigenvalue weighted by Crippen LogP contribution is -2.41. The number of amides is 4. The van der Waals surface area contributed by atoms with E-state index in [0.717, 1.165) is 10.5 Å². The van der Waals surface area contributed by atoms with Gasteiger partial charge in [-0.1, -0.05) is 48.5 Å². The highest BCUT2D eigenvalue weighted by molar-refractivity contribution is 6.09. The summed E-state index contributed by atoms with van der Waals surface area (Å²) >= 11 is 0. The van der Waals surface area contributed by atoms with Gasteiger partial charge in [0, 0.05) is 5.69 Å². The van der Waals surface area contributed by atoms with Crippen LogP contribution in [-0.4, -0.2) is 41.9 Å². The summed E-state index contributed by atoms with van der Waals surface area (Å²) in [5, 5.41) is 5.24. The minimum absolute atomic E-state index is 0.515. The number of hydrogen-bond donors (Lipinski definition) is 2. The molecule has 0 radical (unpaired) electrons. The summed E-state index contributed by atoms with van der Waals surface area (Å²) in [7, 11) is 0. The molecule has 2 aromatic rings. The van der Waals surface area contributed by atoms with Crippen molar-refractivity contribution in [3.05, 3.63) is 65.7 Å². The largest absolute Gasteiger partial charge is 0.454 e. The molecule has 1 aliphatic rings. The van der Waals surface area contributed by atoms with Crippen molar-refractivity contribution in [2.24, 2.45) is 0 Å². The fraction of sp³-hybridized carbons (Fsp3) is 0.238. The van der Waals surface area contributed by atoms with Crippen LogP contribution in [0.3, 0.4) is 0 Å². The van der Waals surface area contributed by atoms with Crippen LogP contribution in [0.15, 0.2) is 54.6 Å². The molecule has 3 rings (SSSR count). The first-order valence-corrected chi connectivity index (χ1v) is 9.02. The molecule has 1 heterocycles. The fourth-order valence-electron chi connectivity index (χ4n) is 3.03. The Labute approximate surface area is 167 Å². The van der Waals surface area contributed by atoms with Crippen LogP contribution in [-0.2, 0) is 24.7 Å². The van der Waals surface area contributed by atoms with Gasteiger partial charge in [0.15, 0.2) is 6.61 Å². The van der Waals surface area contributed by atoms with Gasteiger partial charge in [-0.2, -0.15) is 0 Å². The SMILES string of the molecule is Cc1ccccc1NC(=O)COC(=O)CN1C(=O)N[C@@](C)(c2ccccc2)C1=O. The van der Waals surface area contributed by atoms with E-state index < -0.39 is 42.5 Å². The van der Waals surface area contributed by atoms with Gasteiger partial charge in [0.2, 0.25) is 0 Å². The van der Waals surface area contributed by atoms with E-state index >= 15 is 0 Å². The number of nitrogens with one attached hydrogen (secondary N) is 2. The van der Waals surface area contributed by atoms with E-state index in [0.29, 0.717) is 11.3 Å². The van der Waals surface area contributed by atoms with E-state index in [-0.39, 0.29) is 0 Å². The van der Waals surface area contributed by atoms with Crippen LogP contribution in [0.2, 0.25) is 0 Å². The number of urea groups is 1. The predicted molar refractivity (Wildman–Crippen MR) is 105 cm³/mol. The number of rotatable bonds is 6. The average molecular weight is 395 g/mol. The molecule has 1 saturated heterocycles. The Morgan fingerprint density at radius 1 is 1.07 bits per heavy atom. The van der Waals surface area contributed by atoms with Crippen molar-refractivity contribution in [3.8, 4) is 0 Å². The van der Waals surface area contributed by atoms with Crippen molar-refractivity contribution in [2.75, 3.05) is 18.5 Å². The van der Waals surface area contributed by atoms with Crippen LogP contribution in [0.25, 0.3) is 0 Å². The molecule has 0 bridgehead atoms. The van der Waals surface area contributed by atoms with Crippen LogP contribution in [0, 0.1) is 6.92 Å². The van der Waals surface area contributed by atoms with Crippen LogP contribution in [0.4, 0.5) is 10.5 Å². The van der Waals surface area contributed by atoms with Gasteiger partial charge in [0.05, 0.1) is 0 Å². The Hall–Kier alpha value is -3.68. The molecule has 8 heteroatoms. The number of nitrogens with zero attached hydrogens (tertiary/aromatic N) is 1. The molecule has 0 unspecified atom stereocenters. The third kappa shape index (κ3) is 4.26. The number of anilines is 1. The number of aryl methyl sites for hydroxylation is 1. The highest BCUT2D eigenvalue weighted by Gasteiger charge is 2.49. The van der Waals surface area contributed by atoms with Gasteiger partial charge in [0.1, 0.15) is 12.1 Å². The molecule has 0 aromatic heterocycles. The molecular formula is C21H21N3O5. The van der Waals surface area contributed by atoms with Gasteiger partial charge in [0.25, 0.3) is 11.8 Å². The lowest BCUT2D eigenvalue weighted by atomic mass is 9.92. The maximum absolute atomic E-state index is 12.7. The molecule has 1 atom stereocenters. The Kier molecular flexibility index (Phi) is 5.63. The number of esters is 1. The molecule has 4 amide bonds. The molecule has 1 aliphatic heterocycles. The number of para-hydroxylation sites is 1. The van der Waals surface area contributed by atoms with Crippen molar-refractivity contribution in [2.45, 2.75) is 19.4 Å². The second-order valence-corrected chi connectivity index (χ2v) is 6.84. The van der Waals surface area contributed by atoms with E-state index in [9.17, 15) is 19.2 Å². The third-order valence-corrected chi connectivity index (χ3v) is 4.70. The van der Waals surface area contributed by atoms with Gasteiger partial charge < -0.3 is 15.4 Å². The summed E-state index contributed by atoms with van der Waals surface area (Å²) in [6.45, 7) is 2.31. The quantitative estimate of drug-likeness (QED) is 0.575. The van der Waals surface area contributed by atoms with Gasteiger partial charge in [-0.15, -0.1) is 0 Å². The molecule has 0 saturated carbocycles. The zero-order chi connectivity index (χ0) is 21.0. The maximum atomic E-state index is 12.7. The van der Waals surface area contributed by atoms with Crippen LogP contribution >= 0.6 is 0 Å². The van der Waals surface area contributed by atoms with Crippen LogP contribution in [0.1, 0.15) is 18.1 Å². The summed E-state index contributed by atoms with van der Waals surface area (Å²) in [6, 6.07) is 15.2. The van der Waals surface area contributed by atoms with E-state index in [1.54, 1.807) is 49.4 Å². The van der Waals surface area contributed by atoms with Crippen LogP contribution < -0.4 is 10.6 Å². The molecule has 0 aliphatic carbocycles. The van der Waals surface area contributed by atoms with Gasteiger partial charge in [-0.05, 0) is 31.0 Å². The Balaban J connectivity index is 1.56. The third-order valence-electron chi connectivity index (χ3n) is 4.70. The van der Waals surface area contributed by atoms with Gasteiger partial charge in [-0.25, -0.2) is 4.79 Å². The van der Waals surface area contributed by atoms with Gasteiger partial charge in [-0.3, -0.25) is 19.3 Å². The Morgan fingerprint density at radius 2 is 1.72 bits per heavy atom. The van der Waals surface area contributed by atoms with Crippen LogP contribution in [0.5, 0.6) is 0 Å². The maximum Gasteiger partial charge on any atom is 0.326 e. The van der Waals surface area contributed by atoms with E-state index in [1.807, 2.05) is 19.1 Å². The minimum Gasteiger partial charge on any atom is -0.454 e. The summed E-state index contributed by atoms with van der Waals surface area (Å²) in [6.07, 6.45) is 0.